The number of hydrogen-bond donors (Lipinski definition) is 0. The molecule has 0 bridgehead atoms. The molecule has 0 radical (unpaired) electrons. The Morgan fingerprint density at radius 3 is 2.69 bits per heavy atom. The lowest BCUT2D eigenvalue weighted by molar-refractivity contribution is -0.125. The Morgan fingerprint density at radius 2 is 1.92 bits per heavy atom. The normalized spacial score (nSPS) is 34.2. The molecule has 1 heterocycles. The van der Waals surface area contributed by atoms with E-state index < -0.39 is 0 Å². The second-order valence-electron chi connectivity index (χ2n) is 4.08. The zero-order chi connectivity index (χ0) is 9.42. The van der Waals surface area contributed by atoms with Crippen LogP contribution in [0, 0.1) is 5.92 Å². The SMILES string of the molecule is C[C@@H]1C(=O)C2=C(CCCC2)O[C@@H]1C. The van der Waals surface area contributed by atoms with E-state index in [0.717, 1.165) is 30.6 Å². The molecule has 72 valence electrons. The smallest absolute Gasteiger partial charge is 0.168 e. The quantitative estimate of drug-likeness (QED) is 0.572. The minimum atomic E-state index is 0.0526. The van der Waals surface area contributed by atoms with Crippen molar-refractivity contribution in [2.75, 3.05) is 0 Å². The molecule has 0 N–H and O–H groups in total. The van der Waals surface area contributed by atoms with Gasteiger partial charge in [-0.1, -0.05) is 6.92 Å². The van der Waals surface area contributed by atoms with Gasteiger partial charge in [-0.3, -0.25) is 4.79 Å². The summed E-state index contributed by atoms with van der Waals surface area (Å²) in [5.74, 6) is 1.37. The molecule has 1 aliphatic carbocycles. The summed E-state index contributed by atoms with van der Waals surface area (Å²) < 4.78 is 5.73. The van der Waals surface area contributed by atoms with E-state index in [0.29, 0.717) is 5.78 Å². The highest BCUT2D eigenvalue weighted by molar-refractivity contribution is 5.98. The van der Waals surface area contributed by atoms with Gasteiger partial charge in [0, 0.05) is 12.0 Å². The fraction of sp³-hybridized carbons (Fsp3) is 0.727. The molecule has 2 aliphatic rings. The van der Waals surface area contributed by atoms with E-state index in [2.05, 4.69) is 0 Å². The number of rotatable bonds is 0. The van der Waals surface area contributed by atoms with Crippen LogP contribution in [0.5, 0.6) is 0 Å². The zero-order valence-electron chi connectivity index (χ0n) is 8.30. The Bertz CT molecular complexity index is 265. The van der Waals surface area contributed by atoms with Crippen molar-refractivity contribution >= 4 is 5.78 Å². The molecule has 2 heteroatoms. The van der Waals surface area contributed by atoms with Gasteiger partial charge in [-0.2, -0.15) is 0 Å². The minimum absolute atomic E-state index is 0.0526. The van der Waals surface area contributed by atoms with Crippen LogP contribution in [0.15, 0.2) is 11.3 Å². The van der Waals surface area contributed by atoms with Gasteiger partial charge in [0.1, 0.15) is 11.9 Å². The summed E-state index contributed by atoms with van der Waals surface area (Å²) in [5.41, 5.74) is 0.983. The first-order valence-electron chi connectivity index (χ1n) is 5.13. The van der Waals surface area contributed by atoms with Crippen molar-refractivity contribution in [3.63, 3.8) is 0 Å². The van der Waals surface area contributed by atoms with Crippen LogP contribution < -0.4 is 0 Å². The van der Waals surface area contributed by atoms with Gasteiger partial charge in [-0.15, -0.1) is 0 Å². The number of carbonyl (C=O) groups excluding carboxylic acids is 1. The number of Topliss-reactive ketones (excluding diaryl/α,β-unsaturated/α-hetero) is 1. The number of hydrogen-bond acceptors (Lipinski definition) is 2. The molecule has 0 unspecified atom stereocenters. The Kier molecular flexibility index (Phi) is 2.14. The lowest BCUT2D eigenvalue weighted by Gasteiger charge is -2.32. The molecular formula is C11H16O2. The molecule has 13 heavy (non-hydrogen) atoms. The van der Waals surface area contributed by atoms with Crippen LogP contribution >= 0.6 is 0 Å². The second kappa shape index (κ2) is 3.17. The Hall–Kier alpha value is -0.790. The highest BCUT2D eigenvalue weighted by Gasteiger charge is 2.33. The third kappa shape index (κ3) is 1.38. The summed E-state index contributed by atoms with van der Waals surface area (Å²) >= 11 is 0. The Balaban J connectivity index is 2.31. The summed E-state index contributed by atoms with van der Waals surface area (Å²) in [4.78, 5) is 11.8. The Labute approximate surface area is 79.0 Å². The Morgan fingerprint density at radius 1 is 1.23 bits per heavy atom. The maximum absolute atomic E-state index is 11.8. The summed E-state index contributed by atoms with van der Waals surface area (Å²) in [7, 11) is 0. The highest BCUT2D eigenvalue weighted by atomic mass is 16.5. The molecule has 2 nitrogen and oxygen atoms in total. The van der Waals surface area contributed by atoms with Crippen LogP contribution in [0.1, 0.15) is 39.5 Å². The second-order valence-corrected chi connectivity index (χ2v) is 4.08. The van der Waals surface area contributed by atoms with Crippen molar-refractivity contribution in [1.29, 1.82) is 0 Å². The topological polar surface area (TPSA) is 26.3 Å². The molecule has 0 aromatic rings. The van der Waals surface area contributed by atoms with Crippen molar-refractivity contribution < 1.29 is 9.53 Å². The van der Waals surface area contributed by atoms with Crippen LogP contribution in [0.4, 0.5) is 0 Å². The maximum Gasteiger partial charge on any atom is 0.168 e. The van der Waals surface area contributed by atoms with Gasteiger partial charge in [0.25, 0.3) is 0 Å². The first-order chi connectivity index (χ1) is 6.20. The number of ketones is 1. The van der Waals surface area contributed by atoms with Crippen molar-refractivity contribution in [2.45, 2.75) is 45.6 Å². The predicted octanol–water partition coefficient (Wildman–Crippen LogP) is 2.44. The first-order valence-corrected chi connectivity index (χ1v) is 5.13. The fourth-order valence-electron chi connectivity index (χ4n) is 2.08. The molecular weight excluding hydrogens is 164 g/mol. The lowest BCUT2D eigenvalue weighted by atomic mass is 9.85. The van der Waals surface area contributed by atoms with E-state index in [1.54, 1.807) is 0 Å². The molecule has 0 amide bonds. The van der Waals surface area contributed by atoms with Crippen molar-refractivity contribution in [1.82, 2.24) is 0 Å². The van der Waals surface area contributed by atoms with Crippen LogP contribution in [0.2, 0.25) is 0 Å². The summed E-state index contributed by atoms with van der Waals surface area (Å²) in [6, 6.07) is 0. The monoisotopic (exact) mass is 180 g/mol. The van der Waals surface area contributed by atoms with Crippen molar-refractivity contribution in [3.05, 3.63) is 11.3 Å². The molecule has 0 aromatic heterocycles. The van der Waals surface area contributed by atoms with E-state index >= 15 is 0 Å². The third-order valence-corrected chi connectivity index (χ3v) is 3.16. The molecule has 2 rings (SSSR count). The molecule has 0 saturated carbocycles. The van der Waals surface area contributed by atoms with E-state index in [4.69, 9.17) is 4.74 Å². The summed E-state index contributed by atoms with van der Waals surface area (Å²) in [6.45, 7) is 3.95. The van der Waals surface area contributed by atoms with Crippen molar-refractivity contribution in [2.24, 2.45) is 5.92 Å². The summed E-state index contributed by atoms with van der Waals surface area (Å²) in [6.07, 6.45) is 4.30. The van der Waals surface area contributed by atoms with E-state index in [1.807, 2.05) is 13.8 Å². The van der Waals surface area contributed by atoms with E-state index in [9.17, 15) is 4.79 Å². The average Bonchev–Trinajstić information content (AvgIpc) is 2.15. The van der Waals surface area contributed by atoms with E-state index in [1.165, 1.54) is 6.42 Å². The van der Waals surface area contributed by atoms with Crippen LogP contribution in [-0.2, 0) is 9.53 Å². The summed E-state index contributed by atoms with van der Waals surface area (Å²) in [5, 5.41) is 0. The van der Waals surface area contributed by atoms with Crippen molar-refractivity contribution in [3.8, 4) is 0 Å². The van der Waals surface area contributed by atoms with Crippen LogP contribution in [-0.4, -0.2) is 11.9 Å². The molecule has 2 atom stereocenters. The minimum Gasteiger partial charge on any atom is -0.494 e. The van der Waals surface area contributed by atoms with Crippen LogP contribution in [0.3, 0.4) is 0 Å². The van der Waals surface area contributed by atoms with Gasteiger partial charge < -0.3 is 4.74 Å². The maximum atomic E-state index is 11.8. The van der Waals surface area contributed by atoms with Gasteiger partial charge in [-0.25, -0.2) is 0 Å². The van der Waals surface area contributed by atoms with Gasteiger partial charge in [-0.05, 0) is 26.2 Å². The zero-order valence-corrected chi connectivity index (χ0v) is 8.30. The molecule has 1 aliphatic heterocycles. The molecule has 0 fully saturated rings. The van der Waals surface area contributed by atoms with Gasteiger partial charge in [0.15, 0.2) is 5.78 Å². The molecule has 0 saturated heterocycles. The number of ether oxygens (including phenoxy) is 1. The molecule has 0 spiro atoms. The largest absolute Gasteiger partial charge is 0.494 e. The number of allylic oxidation sites excluding steroid dienone is 2. The average molecular weight is 180 g/mol. The fourth-order valence-corrected chi connectivity index (χ4v) is 2.08. The van der Waals surface area contributed by atoms with Gasteiger partial charge in [0.2, 0.25) is 0 Å². The third-order valence-electron chi connectivity index (χ3n) is 3.16. The highest BCUT2D eigenvalue weighted by Crippen LogP contribution is 2.34. The first kappa shape index (κ1) is 8.79. The van der Waals surface area contributed by atoms with E-state index in [-0.39, 0.29) is 12.0 Å². The van der Waals surface area contributed by atoms with Gasteiger partial charge >= 0.3 is 0 Å². The molecule has 0 aromatic carbocycles. The van der Waals surface area contributed by atoms with Crippen LogP contribution in [0.25, 0.3) is 0 Å². The van der Waals surface area contributed by atoms with Gasteiger partial charge in [0.05, 0.1) is 5.92 Å². The predicted molar refractivity (Wildman–Crippen MR) is 50.2 cm³/mol. The lowest BCUT2D eigenvalue weighted by Crippen LogP contribution is -2.33. The standard InChI is InChI=1S/C11H16O2/c1-7-8(2)13-10-6-4-3-5-9(10)11(7)12/h7-8H,3-6H2,1-2H3/t7-,8+/m0/s1. The number of carbonyl (C=O) groups is 1.